The summed E-state index contributed by atoms with van der Waals surface area (Å²) in [5.74, 6) is -2.42. The van der Waals surface area contributed by atoms with Crippen molar-refractivity contribution in [3.8, 4) is 0 Å². The Labute approximate surface area is 108 Å². The van der Waals surface area contributed by atoms with Crippen molar-refractivity contribution >= 4 is 0 Å². The lowest BCUT2D eigenvalue weighted by Crippen LogP contribution is -2.57. The van der Waals surface area contributed by atoms with Gasteiger partial charge < -0.3 is 0 Å². The molecule has 3 aliphatic rings. The summed E-state index contributed by atoms with van der Waals surface area (Å²) in [5.41, 5.74) is 0.518. The topological polar surface area (TPSA) is 6.48 Å². The molecule has 1 saturated carbocycles. The number of rotatable bonds is 2. The van der Waals surface area contributed by atoms with Crippen molar-refractivity contribution in [2.45, 2.75) is 64.1 Å². The van der Waals surface area contributed by atoms with Crippen molar-refractivity contribution in [1.29, 1.82) is 0 Å². The fraction of sp³-hybridized carbons (Fsp3) is 1.00. The van der Waals surface area contributed by atoms with E-state index in [4.69, 9.17) is 0 Å². The Hall–Kier alpha value is -0.220. The zero-order valence-corrected chi connectivity index (χ0v) is 11.8. The van der Waals surface area contributed by atoms with Gasteiger partial charge in [-0.05, 0) is 40.5 Å². The molecule has 0 N–H and O–H groups in total. The van der Waals surface area contributed by atoms with Crippen LogP contribution in [-0.2, 0) is 0 Å². The minimum Gasteiger partial charge on any atom is -0.292 e. The highest BCUT2D eigenvalue weighted by atomic mass is 19.3. The Morgan fingerprint density at radius 2 is 1.78 bits per heavy atom. The quantitative estimate of drug-likeness (QED) is 0.751. The van der Waals surface area contributed by atoms with Crippen LogP contribution in [0.3, 0.4) is 0 Å². The van der Waals surface area contributed by atoms with Crippen molar-refractivity contribution in [3.05, 3.63) is 0 Å². The lowest BCUT2D eigenvalue weighted by molar-refractivity contribution is -0.135. The van der Waals surface area contributed by atoms with Crippen LogP contribution in [0.15, 0.2) is 0 Å². The zero-order valence-electron chi connectivity index (χ0n) is 11.8. The number of halogens is 2. The van der Waals surface area contributed by atoms with Gasteiger partial charge in [-0.1, -0.05) is 0 Å². The number of fused-ring (bicyclic) bond motifs is 1. The molecule has 2 aliphatic heterocycles. The maximum atomic E-state index is 12.9. The van der Waals surface area contributed by atoms with E-state index in [0.29, 0.717) is 17.5 Å². The van der Waals surface area contributed by atoms with Gasteiger partial charge in [0.15, 0.2) is 0 Å². The second kappa shape index (κ2) is 3.45. The van der Waals surface area contributed by atoms with E-state index in [0.717, 1.165) is 6.54 Å². The first-order valence-electron chi connectivity index (χ1n) is 7.02. The van der Waals surface area contributed by atoms with E-state index < -0.39 is 5.92 Å². The standard InChI is InChI=1S/C14H24F2N2/c1-10-5-13(7-17-8-14(15,16)9-17)6-11(13)18(10)12(2,3)4/h10-11H,5-9H2,1-4H3/t10-,11-,13+/m1/s1. The minimum atomic E-state index is -2.42. The van der Waals surface area contributed by atoms with E-state index in [1.165, 1.54) is 12.8 Å². The third-order valence-electron chi connectivity index (χ3n) is 4.88. The van der Waals surface area contributed by atoms with Crippen molar-refractivity contribution in [2.24, 2.45) is 5.41 Å². The number of likely N-dealkylation sites (tertiary alicyclic amines) is 2. The fourth-order valence-electron chi connectivity index (χ4n) is 4.46. The highest BCUT2D eigenvalue weighted by Crippen LogP contribution is 2.62. The Morgan fingerprint density at radius 1 is 1.17 bits per heavy atom. The molecule has 0 aromatic carbocycles. The first-order chi connectivity index (χ1) is 8.13. The van der Waals surface area contributed by atoms with Gasteiger partial charge in [0.1, 0.15) is 0 Å². The highest BCUT2D eigenvalue weighted by Gasteiger charge is 2.66. The van der Waals surface area contributed by atoms with Crippen LogP contribution in [-0.4, -0.2) is 53.0 Å². The molecule has 4 heteroatoms. The van der Waals surface area contributed by atoms with Gasteiger partial charge in [-0.15, -0.1) is 0 Å². The van der Waals surface area contributed by atoms with Crippen LogP contribution in [0.2, 0.25) is 0 Å². The average molecular weight is 258 g/mol. The van der Waals surface area contributed by atoms with Crippen LogP contribution in [0, 0.1) is 5.41 Å². The molecule has 3 rings (SSSR count). The van der Waals surface area contributed by atoms with Gasteiger partial charge in [-0.25, -0.2) is 8.78 Å². The van der Waals surface area contributed by atoms with Gasteiger partial charge in [0.05, 0.1) is 13.1 Å². The van der Waals surface area contributed by atoms with E-state index in [-0.39, 0.29) is 18.6 Å². The molecule has 0 radical (unpaired) electrons. The summed E-state index contributed by atoms with van der Waals surface area (Å²) in [6.45, 7) is 9.89. The number of hydrogen-bond acceptors (Lipinski definition) is 2. The molecule has 3 atom stereocenters. The number of nitrogens with zero attached hydrogens (tertiary/aromatic N) is 2. The predicted molar refractivity (Wildman–Crippen MR) is 67.9 cm³/mol. The van der Waals surface area contributed by atoms with Crippen LogP contribution in [0.1, 0.15) is 40.5 Å². The van der Waals surface area contributed by atoms with E-state index in [1.807, 2.05) is 4.90 Å². The number of hydrogen-bond donors (Lipinski definition) is 0. The monoisotopic (exact) mass is 258 g/mol. The van der Waals surface area contributed by atoms with Crippen molar-refractivity contribution in [1.82, 2.24) is 9.80 Å². The normalized spacial score (nSPS) is 43.7. The van der Waals surface area contributed by atoms with Crippen LogP contribution in [0.4, 0.5) is 8.78 Å². The molecule has 1 aliphatic carbocycles. The number of piperidine rings is 1. The third-order valence-corrected chi connectivity index (χ3v) is 4.88. The maximum absolute atomic E-state index is 12.9. The first kappa shape index (κ1) is 12.8. The highest BCUT2D eigenvalue weighted by molar-refractivity contribution is 5.19. The smallest absolute Gasteiger partial charge is 0.272 e. The molecule has 0 bridgehead atoms. The summed E-state index contributed by atoms with van der Waals surface area (Å²) in [6, 6.07) is 1.22. The summed E-state index contributed by atoms with van der Waals surface area (Å²) in [4.78, 5) is 4.55. The molecule has 104 valence electrons. The van der Waals surface area contributed by atoms with Gasteiger partial charge >= 0.3 is 0 Å². The van der Waals surface area contributed by atoms with E-state index in [1.54, 1.807) is 0 Å². The largest absolute Gasteiger partial charge is 0.292 e. The van der Waals surface area contributed by atoms with Crippen molar-refractivity contribution < 1.29 is 8.78 Å². The van der Waals surface area contributed by atoms with Crippen LogP contribution in [0.25, 0.3) is 0 Å². The minimum absolute atomic E-state index is 0.0225. The zero-order chi connectivity index (χ0) is 13.3. The summed E-state index contributed by atoms with van der Waals surface area (Å²) in [6.07, 6.45) is 2.38. The van der Waals surface area contributed by atoms with Crippen LogP contribution in [0.5, 0.6) is 0 Å². The van der Waals surface area contributed by atoms with Gasteiger partial charge in [0, 0.05) is 29.6 Å². The Kier molecular flexibility index (Phi) is 2.46. The van der Waals surface area contributed by atoms with Crippen LogP contribution < -0.4 is 0 Å². The molecule has 0 amide bonds. The van der Waals surface area contributed by atoms with Crippen LogP contribution >= 0.6 is 0 Å². The van der Waals surface area contributed by atoms with E-state index in [9.17, 15) is 8.78 Å². The first-order valence-corrected chi connectivity index (χ1v) is 7.02. The lowest BCUT2D eigenvalue weighted by atomic mass is 9.97. The SMILES string of the molecule is C[C@@H]1C[C@@]2(CN3CC(F)(F)C3)C[C@H]2N1C(C)(C)C. The molecular formula is C14H24F2N2. The summed E-state index contributed by atoms with van der Waals surface area (Å²) < 4.78 is 25.8. The van der Waals surface area contributed by atoms with Crippen molar-refractivity contribution in [2.75, 3.05) is 19.6 Å². The second-order valence-corrected chi connectivity index (χ2v) is 7.71. The molecule has 0 aromatic heterocycles. The van der Waals surface area contributed by atoms with E-state index >= 15 is 0 Å². The van der Waals surface area contributed by atoms with Gasteiger partial charge in [-0.2, -0.15) is 0 Å². The Morgan fingerprint density at radius 3 is 2.22 bits per heavy atom. The van der Waals surface area contributed by atoms with Gasteiger partial charge in [-0.3, -0.25) is 9.80 Å². The van der Waals surface area contributed by atoms with Gasteiger partial charge in [0.2, 0.25) is 0 Å². The Bertz CT molecular complexity index is 355. The second-order valence-electron chi connectivity index (χ2n) is 7.71. The average Bonchev–Trinajstić information content (AvgIpc) is 2.65. The van der Waals surface area contributed by atoms with Crippen molar-refractivity contribution in [3.63, 3.8) is 0 Å². The summed E-state index contributed by atoms with van der Waals surface area (Å²) in [5, 5.41) is 0. The third kappa shape index (κ3) is 1.88. The molecule has 2 heterocycles. The van der Waals surface area contributed by atoms with Gasteiger partial charge in [0.25, 0.3) is 5.92 Å². The lowest BCUT2D eigenvalue weighted by Gasteiger charge is -2.40. The molecule has 0 unspecified atom stereocenters. The molecule has 0 spiro atoms. The molecular weight excluding hydrogens is 234 g/mol. The molecule has 18 heavy (non-hydrogen) atoms. The van der Waals surface area contributed by atoms with E-state index in [2.05, 4.69) is 32.6 Å². The molecule has 3 fully saturated rings. The summed E-state index contributed by atoms with van der Waals surface area (Å²) >= 11 is 0. The molecule has 2 nitrogen and oxygen atoms in total. The maximum Gasteiger partial charge on any atom is 0.272 e. The Balaban J connectivity index is 1.63. The molecule has 0 aromatic rings. The molecule has 2 saturated heterocycles. The predicted octanol–water partition coefficient (Wildman–Crippen LogP) is 2.59. The number of alkyl halides is 2. The summed E-state index contributed by atoms with van der Waals surface area (Å²) in [7, 11) is 0. The fourth-order valence-corrected chi connectivity index (χ4v) is 4.46.